The molecule has 0 amide bonds. The van der Waals surface area contributed by atoms with Gasteiger partial charge >= 0.3 is 5.97 Å². The van der Waals surface area contributed by atoms with Gasteiger partial charge in [0.25, 0.3) is 0 Å². The molecule has 0 bridgehead atoms. The van der Waals surface area contributed by atoms with Crippen molar-refractivity contribution in [3.05, 3.63) is 17.0 Å². The fourth-order valence-corrected chi connectivity index (χ4v) is 0.877. The Morgan fingerprint density at radius 2 is 2.38 bits per heavy atom. The second-order valence-electron chi connectivity index (χ2n) is 2.08. The third-order valence-electron chi connectivity index (χ3n) is 1.24. The van der Waals surface area contributed by atoms with E-state index in [-0.39, 0.29) is 17.3 Å². The predicted octanol–water partition coefficient (Wildman–Crippen LogP) is 1.01. The number of halogens is 1. The number of carbonyl (C=O) groups excluding carboxylic acids is 1. The van der Waals surface area contributed by atoms with Gasteiger partial charge in [-0.15, -0.1) is 0 Å². The van der Waals surface area contributed by atoms with Crippen LogP contribution in [0.1, 0.15) is 17.4 Å². The van der Waals surface area contributed by atoms with Gasteiger partial charge in [0.2, 0.25) is 5.88 Å². The zero-order chi connectivity index (χ0) is 9.84. The summed E-state index contributed by atoms with van der Waals surface area (Å²) < 4.78 is 4.64. The van der Waals surface area contributed by atoms with Crippen LogP contribution in [0.4, 0.5) is 0 Å². The molecule has 6 heteroatoms. The third-order valence-corrected chi connectivity index (χ3v) is 1.59. The standard InChI is InChI=1S/C7H7ClN2O3/c1-2-13-7(12)5-4(8)6(11)10-3-9-5/h3H,2H2,1H3,(H,9,10,11). The van der Waals surface area contributed by atoms with Gasteiger partial charge in [-0.25, -0.2) is 14.8 Å². The van der Waals surface area contributed by atoms with Gasteiger partial charge in [-0.2, -0.15) is 0 Å². The fourth-order valence-electron chi connectivity index (χ4n) is 0.702. The highest BCUT2D eigenvalue weighted by Gasteiger charge is 2.16. The number of hydrogen-bond acceptors (Lipinski definition) is 5. The van der Waals surface area contributed by atoms with Crippen LogP contribution in [-0.2, 0) is 4.74 Å². The summed E-state index contributed by atoms with van der Waals surface area (Å²) in [6.07, 6.45) is 1.04. The van der Waals surface area contributed by atoms with Gasteiger partial charge in [-0.1, -0.05) is 11.6 Å². The Bertz CT molecular complexity index is 330. The van der Waals surface area contributed by atoms with Gasteiger partial charge in [-0.3, -0.25) is 0 Å². The van der Waals surface area contributed by atoms with Crippen LogP contribution in [0.25, 0.3) is 0 Å². The van der Waals surface area contributed by atoms with E-state index in [9.17, 15) is 4.79 Å². The number of carbonyl (C=O) groups is 1. The molecular weight excluding hydrogens is 196 g/mol. The summed E-state index contributed by atoms with van der Waals surface area (Å²) in [7, 11) is 0. The van der Waals surface area contributed by atoms with Crippen molar-refractivity contribution in [2.75, 3.05) is 6.61 Å². The maximum Gasteiger partial charge on any atom is 0.358 e. The van der Waals surface area contributed by atoms with Gasteiger partial charge < -0.3 is 9.84 Å². The molecule has 70 valence electrons. The van der Waals surface area contributed by atoms with E-state index in [1.807, 2.05) is 0 Å². The van der Waals surface area contributed by atoms with Crippen LogP contribution in [0.3, 0.4) is 0 Å². The van der Waals surface area contributed by atoms with E-state index in [0.29, 0.717) is 0 Å². The minimum atomic E-state index is -0.676. The van der Waals surface area contributed by atoms with Crippen LogP contribution in [0.15, 0.2) is 6.33 Å². The number of rotatable bonds is 2. The summed E-state index contributed by atoms with van der Waals surface area (Å²) in [6, 6.07) is 0. The maximum atomic E-state index is 11.1. The van der Waals surface area contributed by atoms with Crippen LogP contribution < -0.4 is 0 Å². The highest BCUT2D eigenvalue weighted by molar-refractivity contribution is 6.34. The average molecular weight is 203 g/mol. The molecule has 1 heterocycles. The molecule has 0 aliphatic heterocycles. The van der Waals surface area contributed by atoms with Gasteiger partial charge in [0, 0.05) is 0 Å². The molecule has 1 aromatic rings. The van der Waals surface area contributed by atoms with Crippen molar-refractivity contribution in [3.63, 3.8) is 0 Å². The van der Waals surface area contributed by atoms with E-state index in [4.69, 9.17) is 16.7 Å². The maximum absolute atomic E-state index is 11.1. The SMILES string of the molecule is CCOC(=O)c1ncnc(O)c1Cl. The van der Waals surface area contributed by atoms with E-state index in [1.165, 1.54) is 0 Å². The second-order valence-corrected chi connectivity index (χ2v) is 2.46. The highest BCUT2D eigenvalue weighted by Crippen LogP contribution is 2.22. The fraction of sp³-hybridized carbons (Fsp3) is 0.286. The monoisotopic (exact) mass is 202 g/mol. The van der Waals surface area contributed by atoms with Crippen molar-refractivity contribution in [1.29, 1.82) is 0 Å². The molecule has 13 heavy (non-hydrogen) atoms. The summed E-state index contributed by atoms with van der Waals surface area (Å²) in [5, 5.41) is 8.83. The lowest BCUT2D eigenvalue weighted by molar-refractivity contribution is 0.0519. The molecule has 0 spiro atoms. The van der Waals surface area contributed by atoms with Gasteiger partial charge in [0.05, 0.1) is 6.61 Å². The molecule has 0 aliphatic rings. The quantitative estimate of drug-likeness (QED) is 0.725. The molecule has 1 aromatic heterocycles. The Kier molecular flexibility index (Phi) is 3.02. The number of aromatic nitrogens is 2. The summed E-state index contributed by atoms with van der Waals surface area (Å²) in [5.41, 5.74) is -0.129. The molecule has 0 atom stereocenters. The Balaban J connectivity index is 3.01. The van der Waals surface area contributed by atoms with Crippen LogP contribution in [-0.4, -0.2) is 27.7 Å². The van der Waals surface area contributed by atoms with Crippen LogP contribution >= 0.6 is 11.6 Å². The summed E-state index contributed by atoms with van der Waals surface area (Å²) in [5.74, 6) is -1.11. The van der Waals surface area contributed by atoms with Crippen LogP contribution in [0.5, 0.6) is 5.88 Å². The average Bonchev–Trinajstić information content (AvgIpc) is 2.10. The molecule has 1 rings (SSSR count). The predicted molar refractivity (Wildman–Crippen MR) is 44.7 cm³/mol. The van der Waals surface area contributed by atoms with E-state index in [1.54, 1.807) is 6.92 Å². The lowest BCUT2D eigenvalue weighted by atomic mass is 10.4. The zero-order valence-corrected chi connectivity index (χ0v) is 7.58. The van der Waals surface area contributed by atoms with E-state index >= 15 is 0 Å². The Hall–Kier alpha value is -1.36. The van der Waals surface area contributed by atoms with Crippen molar-refractivity contribution >= 4 is 17.6 Å². The molecule has 0 unspecified atom stereocenters. The zero-order valence-electron chi connectivity index (χ0n) is 6.82. The Labute approximate surface area is 79.3 Å². The minimum Gasteiger partial charge on any atom is -0.492 e. The first-order valence-corrected chi connectivity index (χ1v) is 3.91. The second kappa shape index (κ2) is 4.04. The molecule has 0 saturated heterocycles. The third kappa shape index (κ3) is 2.06. The van der Waals surface area contributed by atoms with Gasteiger partial charge in [-0.05, 0) is 6.92 Å². The molecule has 0 fully saturated rings. The normalized spacial score (nSPS) is 9.69. The van der Waals surface area contributed by atoms with E-state index in [0.717, 1.165) is 6.33 Å². The summed E-state index contributed by atoms with van der Waals surface area (Å²) in [6.45, 7) is 1.88. The molecule has 0 saturated carbocycles. The minimum absolute atomic E-state index is 0.129. The van der Waals surface area contributed by atoms with Gasteiger partial charge in [0.1, 0.15) is 11.3 Å². The summed E-state index contributed by atoms with van der Waals surface area (Å²) >= 11 is 5.55. The van der Waals surface area contributed by atoms with Crippen LogP contribution in [0, 0.1) is 0 Å². The van der Waals surface area contributed by atoms with Crippen LogP contribution in [0.2, 0.25) is 5.02 Å². The highest BCUT2D eigenvalue weighted by atomic mass is 35.5. The molecule has 1 N–H and O–H groups in total. The number of ether oxygens (including phenoxy) is 1. The lowest BCUT2D eigenvalue weighted by Gasteiger charge is -2.02. The molecule has 0 aliphatic carbocycles. The number of esters is 1. The number of hydrogen-bond donors (Lipinski definition) is 1. The molecule has 0 aromatic carbocycles. The first kappa shape index (κ1) is 9.73. The molecular formula is C7H7ClN2O3. The first-order chi connectivity index (χ1) is 6.16. The van der Waals surface area contributed by atoms with Crippen molar-refractivity contribution in [2.45, 2.75) is 6.92 Å². The Morgan fingerprint density at radius 1 is 1.69 bits per heavy atom. The van der Waals surface area contributed by atoms with Crippen molar-refractivity contribution in [1.82, 2.24) is 9.97 Å². The largest absolute Gasteiger partial charge is 0.492 e. The molecule has 5 nitrogen and oxygen atoms in total. The topological polar surface area (TPSA) is 72.3 Å². The van der Waals surface area contributed by atoms with E-state index in [2.05, 4.69) is 14.7 Å². The Morgan fingerprint density at radius 3 is 3.00 bits per heavy atom. The van der Waals surface area contributed by atoms with Crippen molar-refractivity contribution < 1.29 is 14.6 Å². The van der Waals surface area contributed by atoms with Crippen molar-refractivity contribution in [3.8, 4) is 5.88 Å². The van der Waals surface area contributed by atoms with E-state index < -0.39 is 11.8 Å². The van der Waals surface area contributed by atoms with Crippen molar-refractivity contribution in [2.24, 2.45) is 0 Å². The first-order valence-electron chi connectivity index (χ1n) is 3.53. The lowest BCUT2D eigenvalue weighted by Crippen LogP contribution is -2.08. The van der Waals surface area contributed by atoms with Gasteiger partial charge in [0.15, 0.2) is 5.69 Å². The number of nitrogens with zero attached hydrogens (tertiary/aromatic N) is 2. The molecule has 0 radical (unpaired) electrons. The summed E-state index contributed by atoms with van der Waals surface area (Å²) in [4.78, 5) is 18.1. The number of aromatic hydroxyl groups is 1. The smallest absolute Gasteiger partial charge is 0.358 e.